The number of carbonyl (C=O) groups is 1. The van der Waals surface area contributed by atoms with Gasteiger partial charge in [0.05, 0.1) is 0 Å². The highest BCUT2D eigenvalue weighted by molar-refractivity contribution is 5.78. The van der Waals surface area contributed by atoms with Crippen LogP contribution in [-0.2, 0) is 0 Å². The predicted molar refractivity (Wildman–Crippen MR) is 66.4 cm³/mol. The zero-order chi connectivity index (χ0) is 13.9. The minimum atomic E-state index is -0.521. The first-order chi connectivity index (χ1) is 8.34. The van der Waals surface area contributed by atoms with Crippen LogP contribution in [0.1, 0.15) is 0 Å². The maximum Gasteiger partial charge on any atom is 0.323 e. The van der Waals surface area contributed by atoms with E-state index in [1.165, 1.54) is 9.80 Å². The van der Waals surface area contributed by atoms with Gasteiger partial charge in [-0.15, -0.1) is 10.2 Å². The molecule has 11 nitrogen and oxygen atoms in total. The van der Waals surface area contributed by atoms with Gasteiger partial charge in [-0.05, 0) is 0 Å². The molecule has 1 aliphatic heterocycles. The van der Waals surface area contributed by atoms with E-state index >= 15 is 0 Å². The van der Waals surface area contributed by atoms with Crippen molar-refractivity contribution in [2.45, 2.75) is 12.3 Å². The fourth-order valence-electron chi connectivity index (χ4n) is 1.51. The Labute approximate surface area is 104 Å². The van der Waals surface area contributed by atoms with E-state index in [9.17, 15) is 4.79 Å². The van der Waals surface area contributed by atoms with E-state index in [4.69, 9.17) is 22.9 Å². The molecule has 0 aromatic carbocycles. The van der Waals surface area contributed by atoms with Crippen molar-refractivity contribution in [1.82, 2.24) is 20.7 Å². The molecule has 2 atom stereocenters. The second-order valence-electron chi connectivity index (χ2n) is 3.73. The van der Waals surface area contributed by atoms with E-state index in [0.29, 0.717) is 0 Å². The molecule has 0 radical (unpaired) electrons. The predicted octanol–water partition coefficient (Wildman–Crippen LogP) is -3.81. The molecule has 11 heteroatoms. The molecule has 0 saturated carbocycles. The quantitative estimate of drug-likeness (QED) is 0.170. The molecular formula is C7H18N10O. The van der Waals surface area contributed by atoms with Gasteiger partial charge in [-0.2, -0.15) is 0 Å². The van der Waals surface area contributed by atoms with Crippen LogP contribution in [0.25, 0.3) is 0 Å². The molecule has 1 heterocycles. The largest absolute Gasteiger partial charge is 0.369 e. The lowest BCUT2D eigenvalue weighted by atomic mass is 10.4. The van der Waals surface area contributed by atoms with Crippen molar-refractivity contribution < 1.29 is 4.79 Å². The number of hydrazone groups is 2. The van der Waals surface area contributed by atoms with E-state index in [-0.39, 0.29) is 18.0 Å². The Morgan fingerprint density at radius 3 is 1.61 bits per heavy atom. The molecule has 0 aromatic rings. The highest BCUT2D eigenvalue weighted by atomic mass is 16.2. The highest BCUT2D eigenvalue weighted by Crippen LogP contribution is 2.15. The smallest absolute Gasteiger partial charge is 0.323 e. The van der Waals surface area contributed by atoms with Crippen molar-refractivity contribution in [3.63, 3.8) is 0 Å². The number of nitrogens with zero attached hydrogens (tertiary/aromatic N) is 4. The molecule has 0 aromatic heterocycles. The molecule has 1 saturated heterocycles. The van der Waals surface area contributed by atoms with Crippen LogP contribution in [-0.4, -0.2) is 54.2 Å². The summed E-state index contributed by atoms with van der Waals surface area (Å²) in [6.45, 7) is 0. The summed E-state index contributed by atoms with van der Waals surface area (Å²) in [5.74, 6) is -0.294. The van der Waals surface area contributed by atoms with Crippen molar-refractivity contribution in [2.24, 2.45) is 33.1 Å². The average Bonchev–Trinajstić information content (AvgIpc) is 2.48. The summed E-state index contributed by atoms with van der Waals surface area (Å²) in [7, 11) is 3.19. The third kappa shape index (κ3) is 2.75. The number of nitrogens with one attached hydrogen (secondary N) is 2. The SMILES string of the molecule is CN1C(=O)N(C)C(NN=C(N)N)C1NN=C(N)N. The van der Waals surface area contributed by atoms with Gasteiger partial charge in [-0.25, -0.2) is 4.79 Å². The lowest BCUT2D eigenvalue weighted by molar-refractivity contribution is 0.197. The number of urea groups is 1. The maximum absolute atomic E-state index is 11.8. The van der Waals surface area contributed by atoms with Crippen LogP contribution < -0.4 is 33.8 Å². The summed E-state index contributed by atoms with van der Waals surface area (Å²) in [4.78, 5) is 14.6. The molecule has 1 aliphatic rings. The number of likely N-dealkylation sites (N-methyl/N-ethyl adjacent to an activating group) is 2. The van der Waals surface area contributed by atoms with E-state index in [1.807, 2.05) is 0 Å². The summed E-state index contributed by atoms with van der Waals surface area (Å²) in [6, 6.07) is -0.235. The fraction of sp³-hybridized carbons (Fsp3) is 0.571. The lowest BCUT2D eigenvalue weighted by Crippen LogP contribution is -2.52. The Morgan fingerprint density at radius 2 is 1.33 bits per heavy atom. The van der Waals surface area contributed by atoms with Gasteiger partial charge in [0, 0.05) is 14.1 Å². The first-order valence-corrected chi connectivity index (χ1v) is 5.02. The van der Waals surface area contributed by atoms with Crippen LogP contribution in [0.2, 0.25) is 0 Å². The Bertz CT molecular complexity index is 336. The second-order valence-corrected chi connectivity index (χ2v) is 3.73. The average molecular weight is 258 g/mol. The molecule has 1 fully saturated rings. The first-order valence-electron chi connectivity index (χ1n) is 5.02. The molecule has 102 valence electrons. The number of hydrogen-bond donors (Lipinski definition) is 6. The van der Waals surface area contributed by atoms with E-state index < -0.39 is 12.3 Å². The summed E-state index contributed by atoms with van der Waals surface area (Å²) >= 11 is 0. The van der Waals surface area contributed by atoms with Crippen molar-refractivity contribution in [2.75, 3.05) is 14.1 Å². The second kappa shape index (κ2) is 5.16. The number of hydrogen-bond acceptors (Lipinski definition) is 5. The Hall–Kier alpha value is -2.59. The van der Waals surface area contributed by atoms with Crippen molar-refractivity contribution in [3.05, 3.63) is 0 Å². The van der Waals surface area contributed by atoms with Crippen LogP contribution in [0.4, 0.5) is 4.79 Å². The van der Waals surface area contributed by atoms with Crippen molar-refractivity contribution >= 4 is 18.0 Å². The van der Waals surface area contributed by atoms with Gasteiger partial charge in [-0.3, -0.25) is 10.9 Å². The van der Waals surface area contributed by atoms with Crippen LogP contribution in [0.15, 0.2) is 10.2 Å². The van der Waals surface area contributed by atoms with Crippen LogP contribution >= 0.6 is 0 Å². The maximum atomic E-state index is 11.8. The summed E-state index contributed by atoms with van der Waals surface area (Å²) in [5, 5.41) is 7.31. The molecule has 18 heavy (non-hydrogen) atoms. The fourth-order valence-corrected chi connectivity index (χ4v) is 1.51. The number of rotatable bonds is 4. The number of nitrogens with two attached hydrogens (primary N) is 4. The molecule has 0 spiro atoms. The molecule has 1 rings (SSSR count). The number of guanidine groups is 2. The topological polar surface area (TPSA) is 176 Å². The minimum absolute atomic E-state index is 0.147. The molecule has 0 aliphatic carbocycles. The van der Waals surface area contributed by atoms with Gasteiger partial charge < -0.3 is 32.7 Å². The zero-order valence-corrected chi connectivity index (χ0v) is 10.2. The van der Waals surface area contributed by atoms with E-state index in [2.05, 4.69) is 21.1 Å². The van der Waals surface area contributed by atoms with Gasteiger partial charge >= 0.3 is 6.03 Å². The standard InChI is InChI=1S/C7H18N10O/c1-16-3(12-14-5(8)9)4(13-15-6(10)11)17(2)7(16)18/h3-4,12-13H,1-2H3,(H4,8,9,14)(H4,10,11,15). The van der Waals surface area contributed by atoms with E-state index in [1.54, 1.807) is 14.1 Å². The van der Waals surface area contributed by atoms with Gasteiger partial charge in [0.25, 0.3) is 0 Å². The van der Waals surface area contributed by atoms with Gasteiger partial charge in [-0.1, -0.05) is 0 Å². The third-order valence-electron chi connectivity index (χ3n) is 2.39. The number of carbonyl (C=O) groups excluding carboxylic acids is 1. The molecular weight excluding hydrogens is 240 g/mol. The van der Waals surface area contributed by atoms with Crippen LogP contribution in [0, 0.1) is 0 Å². The van der Waals surface area contributed by atoms with Crippen LogP contribution in [0.3, 0.4) is 0 Å². The van der Waals surface area contributed by atoms with Gasteiger partial charge in [0.15, 0.2) is 12.3 Å². The summed E-state index contributed by atoms with van der Waals surface area (Å²) in [5.41, 5.74) is 26.2. The summed E-state index contributed by atoms with van der Waals surface area (Å²) < 4.78 is 0. The van der Waals surface area contributed by atoms with E-state index in [0.717, 1.165) is 0 Å². The minimum Gasteiger partial charge on any atom is -0.369 e. The zero-order valence-electron chi connectivity index (χ0n) is 10.2. The normalized spacial score (nSPS) is 22.7. The van der Waals surface area contributed by atoms with Gasteiger partial charge in [0.2, 0.25) is 11.9 Å². The van der Waals surface area contributed by atoms with Crippen LogP contribution in [0.5, 0.6) is 0 Å². The van der Waals surface area contributed by atoms with Crippen molar-refractivity contribution in [1.29, 1.82) is 0 Å². The van der Waals surface area contributed by atoms with Crippen molar-refractivity contribution in [3.8, 4) is 0 Å². The Kier molecular flexibility index (Phi) is 3.86. The third-order valence-corrected chi connectivity index (χ3v) is 2.39. The molecule has 10 N–H and O–H groups in total. The Morgan fingerprint density at radius 1 is 1.00 bits per heavy atom. The van der Waals surface area contributed by atoms with Gasteiger partial charge in [0.1, 0.15) is 0 Å². The highest BCUT2D eigenvalue weighted by Gasteiger charge is 2.42. The monoisotopic (exact) mass is 258 g/mol. The lowest BCUT2D eigenvalue weighted by Gasteiger charge is -2.24. The Balaban J connectivity index is 2.84. The first kappa shape index (κ1) is 13.5. The number of amides is 2. The molecule has 0 bridgehead atoms. The summed E-state index contributed by atoms with van der Waals surface area (Å²) in [6.07, 6.45) is -1.04. The molecule has 2 amide bonds. The molecule has 2 unspecified atom stereocenters.